The number of ether oxygens (including phenoxy) is 1. The lowest BCUT2D eigenvalue weighted by atomic mass is 9.77. The first-order valence-corrected chi connectivity index (χ1v) is 5.93. The number of hydrogen-bond donors (Lipinski definition) is 0. The SMILES string of the molecule is C=C(C)C(=O)OC12CC3CC(C1)C(C2)C3=O. The third-order valence-electron chi connectivity index (χ3n) is 4.43. The van der Waals surface area contributed by atoms with E-state index >= 15 is 0 Å². The van der Waals surface area contributed by atoms with Gasteiger partial charge in [-0.2, -0.15) is 0 Å². The standard InChI is InChI=1S/C13H16O3/c1-7(2)12(15)16-13-4-8-3-9(5-13)11(14)10(8)6-13/h8-10H,1,3-6H2,2H3. The van der Waals surface area contributed by atoms with Crippen molar-refractivity contribution in [3.63, 3.8) is 0 Å². The highest BCUT2D eigenvalue weighted by molar-refractivity contribution is 5.90. The fourth-order valence-electron chi connectivity index (χ4n) is 3.84. The van der Waals surface area contributed by atoms with Crippen LogP contribution in [0.3, 0.4) is 0 Å². The first-order chi connectivity index (χ1) is 7.51. The minimum atomic E-state index is -0.331. The molecule has 0 saturated heterocycles. The second-order valence-electron chi connectivity index (χ2n) is 5.67. The van der Waals surface area contributed by atoms with E-state index in [0.29, 0.717) is 17.3 Å². The van der Waals surface area contributed by atoms with Gasteiger partial charge in [0.05, 0.1) is 0 Å². The van der Waals surface area contributed by atoms with E-state index < -0.39 is 0 Å². The van der Waals surface area contributed by atoms with Gasteiger partial charge in [-0.05, 0) is 38.5 Å². The Bertz CT molecular complexity index is 394. The van der Waals surface area contributed by atoms with Crippen LogP contribution < -0.4 is 0 Å². The second-order valence-corrected chi connectivity index (χ2v) is 5.67. The van der Waals surface area contributed by atoms with Gasteiger partial charge in [-0.15, -0.1) is 0 Å². The van der Waals surface area contributed by atoms with Gasteiger partial charge in [0, 0.05) is 17.4 Å². The van der Waals surface area contributed by atoms with Crippen LogP contribution in [-0.4, -0.2) is 17.4 Å². The van der Waals surface area contributed by atoms with Crippen LogP contribution >= 0.6 is 0 Å². The molecule has 4 atom stereocenters. The summed E-state index contributed by atoms with van der Waals surface area (Å²) >= 11 is 0. The molecule has 4 aliphatic carbocycles. The van der Waals surface area contributed by atoms with Crippen molar-refractivity contribution in [2.45, 2.75) is 38.2 Å². The topological polar surface area (TPSA) is 43.4 Å². The van der Waals surface area contributed by atoms with E-state index in [-0.39, 0.29) is 23.4 Å². The Kier molecular flexibility index (Phi) is 1.86. The Balaban J connectivity index is 1.81. The highest BCUT2D eigenvalue weighted by Crippen LogP contribution is 2.59. The Labute approximate surface area is 94.8 Å². The third-order valence-corrected chi connectivity index (χ3v) is 4.43. The molecular formula is C13H16O3. The van der Waals surface area contributed by atoms with E-state index in [0.717, 1.165) is 25.7 Å². The second kappa shape index (κ2) is 2.96. The minimum Gasteiger partial charge on any atom is -0.456 e. The highest BCUT2D eigenvalue weighted by atomic mass is 16.6. The molecule has 3 nitrogen and oxygen atoms in total. The van der Waals surface area contributed by atoms with E-state index in [4.69, 9.17) is 4.74 Å². The van der Waals surface area contributed by atoms with Gasteiger partial charge in [-0.1, -0.05) is 6.58 Å². The van der Waals surface area contributed by atoms with Crippen LogP contribution in [0.4, 0.5) is 0 Å². The zero-order valence-electron chi connectivity index (χ0n) is 9.49. The fraction of sp³-hybridized carbons (Fsp3) is 0.692. The summed E-state index contributed by atoms with van der Waals surface area (Å²) in [6, 6.07) is 0. The number of carbonyl (C=O) groups excluding carboxylic acids is 2. The molecule has 0 aliphatic heterocycles. The molecule has 0 amide bonds. The summed E-state index contributed by atoms with van der Waals surface area (Å²) in [6.07, 6.45) is 3.42. The summed E-state index contributed by atoms with van der Waals surface area (Å²) in [7, 11) is 0. The Morgan fingerprint density at radius 2 is 2.19 bits per heavy atom. The van der Waals surface area contributed by atoms with Crippen molar-refractivity contribution in [2.75, 3.05) is 0 Å². The van der Waals surface area contributed by atoms with Gasteiger partial charge >= 0.3 is 5.97 Å². The molecular weight excluding hydrogens is 204 g/mol. The number of carbonyl (C=O) groups is 2. The van der Waals surface area contributed by atoms with E-state index in [9.17, 15) is 9.59 Å². The molecule has 0 N–H and O–H groups in total. The molecule has 86 valence electrons. The minimum absolute atomic E-state index is 0.162. The molecule has 4 bridgehead atoms. The summed E-state index contributed by atoms with van der Waals surface area (Å²) in [5.41, 5.74) is 0.116. The van der Waals surface area contributed by atoms with Crippen LogP contribution in [0.2, 0.25) is 0 Å². The normalized spacial score (nSPS) is 43.8. The van der Waals surface area contributed by atoms with Gasteiger partial charge < -0.3 is 4.74 Å². The Morgan fingerprint density at radius 1 is 1.44 bits per heavy atom. The summed E-state index contributed by atoms with van der Waals surface area (Å²) < 4.78 is 5.59. The average molecular weight is 220 g/mol. The van der Waals surface area contributed by atoms with Crippen molar-refractivity contribution in [2.24, 2.45) is 17.8 Å². The highest BCUT2D eigenvalue weighted by Gasteiger charge is 2.62. The fourth-order valence-corrected chi connectivity index (χ4v) is 3.84. The summed E-state index contributed by atoms with van der Waals surface area (Å²) in [5, 5.41) is 0. The molecule has 0 radical (unpaired) electrons. The van der Waals surface area contributed by atoms with Crippen molar-refractivity contribution >= 4 is 11.8 Å². The molecule has 4 unspecified atom stereocenters. The van der Waals surface area contributed by atoms with Crippen LogP contribution in [0, 0.1) is 17.8 Å². The number of hydrogen-bond acceptors (Lipinski definition) is 3. The van der Waals surface area contributed by atoms with E-state index in [2.05, 4.69) is 6.58 Å². The summed E-state index contributed by atoms with van der Waals surface area (Å²) in [6.45, 7) is 5.27. The molecule has 3 heteroatoms. The maximum Gasteiger partial charge on any atom is 0.333 e. The van der Waals surface area contributed by atoms with Crippen molar-refractivity contribution in [3.05, 3.63) is 12.2 Å². The lowest BCUT2D eigenvalue weighted by molar-refractivity contribution is -0.162. The predicted octanol–water partition coefficient (Wildman–Crippen LogP) is 1.86. The molecule has 0 aromatic heterocycles. The van der Waals surface area contributed by atoms with Crippen molar-refractivity contribution in [3.8, 4) is 0 Å². The van der Waals surface area contributed by atoms with Gasteiger partial charge in [0.15, 0.2) is 0 Å². The molecule has 0 heterocycles. The quantitative estimate of drug-likeness (QED) is 0.527. The number of Topliss-reactive ketones (excluding diaryl/α,β-unsaturated/α-hetero) is 1. The molecule has 0 aromatic carbocycles. The molecule has 16 heavy (non-hydrogen) atoms. The third kappa shape index (κ3) is 1.20. The summed E-state index contributed by atoms with van der Waals surface area (Å²) in [4.78, 5) is 23.4. The first kappa shape index (κ1) is 10.1. The maximum atomic E-state index is 11.8. The number of rotatable bonds is 2. The van der Waals surface area contributed by atoms with Gasteiger partial charge in [0.25, 0.3) is 0 Å². The molecule has 0 spiro atoms. The molecule has 4 saturated carbocycles. The van der Waals surface area contributed by atoms with E-state index in [1.54, 1.807) is 6.92 Å². The largest absolute Gasteiger partial charge is 0.456 e. The Morgan fingerprint density at radius 3 is 2.75 bits per heavy atom. The zero-order valence-corrected chi connectivity index (χ0v) is 9.49. The van der Waals surface area contributed by atoms with Gasteiger partial charge in [-0.25, -0.2) is 4.79 Å². The van der Waals surface area contributed by atoms with Crippen LogP contribution in [0.1, 0.15) is 32.6 Å². The average Bonchev–Trinajstić information content (AvgIpc) is 2.58. The van der Waals surface area contributed by atoms with Crippen LogP contribution in [0.25, 0.3) is 0 Å². The van der Waals surface area contributed by atoms with Crippen molar-refractivity contribution < 1.29 is 14.3 Å². The molecule has 4 fully saturated rings. The van der Waals surface area contributed by atoms with Crippen molar-refractivity contribution in [1.82, 2.24) is 0 Å². The molecule has 4 rings (SSSR count). The lowest BCUT2D eigenvalue weighted by Gasteiger charge is -2.37. The summed E-state index contributed by atoms with van der Waals surface area (Å²) in [5.74, 6) is 0.940. The monoisotopic (exact) mass is 220 g/mol. The number of esters is 1. The van der Waals surface area contributed by atoms with Gasteiger partial charge in [-0.3, -0.25) is 4.79 Å². The van der Waals surface area contributed by atoms with Crippen LogP contribution in [0.15, 0.2) is 12.2 Å². The zero-order chi connectivity index (χ0) is 11.5. The maximum absolute atomic E-state index is 11.8. The van der Waals surface area contributed by atoms with Gasteiger partial charge in [0.2, 0.25) is 0 Å². The number of ketones is 1. The Hall–Kier alpha value is -1.12. The predicted molar refractivity (Wildman–Crippen MR) is 57.6 cm³/mol. The smallest absolute Gasteiger partial charge is 0.333 e. The van der Waals surface area contributed by atoms with E-state index in [1.807, 2.05) is 0 Å². The molecule has 4 aliphatic rings. The van der Waals surface area contributed by atoms with Crippen LogP contribution in [0.5, 0.6) is 0 Å². The van der Waals surface area contributed by atoms with Crippen LogP contribution in [-0.2, 0) is 14.3 Å². The van der Waals surface area contributed by atoms with E-state index in [1.165, 1.54) is 0 Å². The lowest BCUT2D eigenvalue weighted by Crippen LogP contribution is -2.41. The van der Waals surface area contributed by atoms with Crippen molar-refractivity contribution in [1.29, 1.82) is 0 Å². The van der Waals surface area contributed by atoms with Gasteiger partial charge in [0.1, 0.15) is 11.4 Å². The first-order valence-electron chi connectivity index (χ1n) is 5.93. The molecule has 0 aromatic rings.